The second kappa shape index (κ2) is 5.88. The summed E-state index contributed by atoms with van der Waals surface area (Å²) in [6.07, 6.45) is -0.207. The first-order valence-electron chi connectivity index (χ1n) is 9.16. The number of halogens is 2. The van der Waals surface area contributed by atoms with E-state index in [-0.39, 0.29) is 40.1 Å². The van der Waals surface area contributed by atoms with Gasteiger partial charge < -0.3 is 9.47 Å². The van der Waals surface area contributed by atoms with Gasteiger partial charge in [-0.3, -0.25) is 9.69 Å². The Morgan fingerprint density at radius 3 is 2.55 bits per heavy atom. The lowest BCUT2D eigenvalue weighted by Crippen LogP contribution is -2.27. The van der Waals surface area contributed by atoms with Crippen LogP contribution in [0.15, 0.2) is 29.3 Å². The second-order valence-corrected chi connectivity index (χ2v) is 9.53. The molecule has 1 saturated carbocycles. The number of sulfone groups is 1. The highest BCUT2D eigenvalue weighted by Crippen LogP contribution is 2.46. The first-order valence-corrected chi connectivity index (χ1v) is 10.8. The molecule has 0 atom stereocenters. The van der Waals surface area contributed by atoms with Crippen molar-refractivity contribution in [2.45, 2.75) is 43.4 Å². The third-order valence-corrected chi connectivity index (χ3v) is 7.04. The maximum atomic E-state index is 13.3. The Labute approximate surface area is 165 Å². The molecule has 10 heteroatoms. The van der Waals surface area contributed by atoms with Gasteiger partial charge in [0.25, 0.3) is 5.91 Å². The normalized spacial score (nSPS) is 19.6. The quantitative estimate of drug-likeness (QED) is 0.752. The number of pyridine rings is 1. The van der Waals surface area contributed by atoms with E-state index in [1.807, 2.05) is 0 Å². The molecular formula is C19H16F2N2O5S. The highest BCUT2D eigenvalue weighted by atomic mass is 32.2. The van der Waals surface area contributed by atoms with Gasteiger partial charge in [0.1, 0.15) is 4.90 Å². The summed E-state index contributed by atoms with van der Waals surface area (Å²) in [4.78, 5) is 18.5. The maximum Gasteiger partial charge on any atom is 0.586 e. The van der Waals surface area contributed by atoms with Crippen LogP contribution in [0.25, 0.3) is 0 Å². The number of alkyl halides is 2. The van der Waals surface area contributed by atoms with Gasteiger partial charge in [-0.15, -0.1) is 8.78 Å². The predicted molar refractivity (Wildman–Crippen MR) is 97.1 cm³/mol. The maximum absolute atomic E-state index is 13.3. The van der Waals surface area contributed by atoms with Crippen LogP contribution in [0, 0.1) is 0 Å². The van der Waals surface area contributed by atoms with Crippen molar-refractivity contribution in [3.05, 3.63) is 41.1 Å². The summed E-state index contributed by atoms with van der Waals surface area (Å²) in [5, 5.41) is 0. The van der Waals surface area contributed by atoms with Crippen LogP contribution in [0.2, 0.25) is 0 Å². The van der Waals surface area contributed by atoms with Crippen LogP contribution >= 0.6 is 0 Å². The largest absolute Gasteiger partial charge is 0.586 e. The molecule has 1 aliphatic carbocycles. The van der Waals surface area contributed by atoms with Gasteiger partial charge in [-0.2, -0.15) is 0 Å². The Morgan fingerprint density at radius 2 is 1.90 bits per heavy atom. The van der Waals surface area contributed by atoms with Crippen molar-refractivity contribution >= 4 is 21.6 Å². The Bertz CT molecular complexity index is 1160. The molecule has 7 nitrogen and oxygen atoms in total. The molecule has 5 rings (SSSR count). The number of aromatic nitrogens is 1. The van der Waals surface area contributed by atoms with Crippen LogP contribution in [0.4, 0.5) is 14.6 Å². The number of ether oxygens (including phenoxy) is 2. The van der Waals surface area contributed by atoms with E-state index < -0.39 is 22.0 Å². The molecule has 3 aliphatic rings. The van der Waals surface area contributed by atoms with Gasteiger partial charge >= 0.3 is 6.29 Å². The summed E-state index contributed by atoms with van der Waals surface area (Å²) in [7, 11) is -3.64. The molecule has 0 saturated heterocycles. The third-order valence-electron chi connectivity index (χ3n) is 5.30. The molecule has 152 valence electrons. The van der Waals surface area contributed by atoms with Crippen LogP contribution in [0.5, 0.6) is 11.5 Å². The van der Waals surface area contributed by atoms with E-state index >= 15 is 0 Å². The van der Waals surface area contributed by atoms with E-state index in [0.717, 1.165) is 18.4 Å². The average molecular weight is 422 g/mol. The van der Waals surface area contributed by atoms with Crippen molar-refractivity contribution in [1.29, 1.82) is 0 Å². The molecule has 1 fully saturated rings. The number of carbonyl (C=O) groups excluding carboxylic acids is 1. The fourth-order valence-electron chi connectivity index (χ4n) is 3.61. The molecule has 0 spiro atoms. The van der Waals surface area contributed by atoms with Gasteiger partial charge in [0.2, 0.25) is 0 Å². The van der Waals surface area contributed by atoms with Crippen molar-refractivity contribution in [2.24, 2.45) is 0 Å². The zero-order chi connectivity index (χ0) is 20.6. The summed E-state index contributed by atoms with van der Waals surface area (Å²) >= 11 is 0. The third kappa shape index (κ3) is 2.93. The van der Waals surface area contributed by atoms with E-state index in [1.165, 1.54) is 24.0 Å². The van der Waals surface area contributed by atoms with Gasteiger partial charge in [0, 0.05) is 11.8 Å². The first kappa shape index (κ1) is 18.3. The van der Waals surface area contributed by atoms with E-state index in [2.05, 4.69) is 14.5 Å². The molecule has 2 aromatic rings. The first-order chi connectivity index (χ1) is 13.7. The molecule has 1 aromatic heterocycles. The molecular weight excluding hydrogens is 406 g/mol. The van der Waals surface area contributed by atoms with E-state index in [0.29, 0.717) is 11.5 Å². The van der Waals surface area contributed by atoms with Crippen LogP contribution in [0.3, 0.4) is 0 Å². The molecule has 2 aliphatic heterocycles. The number of amides is 1. The summed E-state index contributed by atoms with van der Waals surface area (Å²) in [5.74, 6) is -0.710. The lowest BCUT2D eigenvalue weighted by Gasteiger charge is -2.19. The lowest BCUT2D eigenvalue weighted by atomic mass is 10.1. The minimum Gasteiger partial charge on any atom is -0.395 e. The van der Waals surface area contributed by atoms with Crippen molar-refractivity contribution in [2.75, 3.05) is 10.7 Å². The lowest BCUT2D eigenvalue weighted by molar-refractivity contribution is -0.286. The van der Waals surface area contributed by atoms with Crippen molar-refractivity contribution in [3.8, 4) is 11.5 Å². The number of benzene rings is 1. The van der Waals surface area contributed by atoms with E-state index in [4.69, 9.17) is 0 Å². The summed E-state index contributed by atoms with van der Waals surface area (Å²) in [6, 6.07) is 4.11. The van der Waals surface area contributed by atoms with Crippen molar-refractivity contribution in [3.63, 3.8) is 0 Å². The highest BCUT2D eigenvalue weighted by Gasteiger charge is 2.45. The van der Waals surface area contributed by atoms with Gasteiger partial charge in [-0.1, -0.05) is 6.92 Å². The van der Waals surface area contributed by atoms with Crippen LogP contribution in [0.1, 0.15) is 47.2 Å². The minimum atomic E-state index is -3.78. The highest BCUT2D eigenvalue weighted by molar-refractivity contribution is 7.91. The van der Waals surface area contributed by atoms with Crippen molar-refractivity contribution < 1.29 is 31.5 Å². The number of rotatable bonds is 4. The smallest absolute Gasteiger partial charge is 0.395 e. The van der Waals surface area contributed by atoms with Crippen LogP contribution < -0.4 is 14.4 Å². The van der Waals surface area contributed by atoms with Gasteiger partial charge in [-0.25, -0.2) is 13.4 Å². The van der Waals surface area contributed by atoms with Crippen LogP contribution in [-0.2, 0) is 16.4 Å². The summed E-state index contributed by atoms with van der Waals surface area (Å²) in [5.41, 5.74) is 1.42. The molecule has 0 unspecified atom stereocenters. The Kier molecular flexibility index (Phi) is 3.71. The number of carbonyl (C=O) groups is 1. The van der Waals surface area contributed by atoms with Gasteiger partial charge in [-0.05, 0) is 48.1 Å². The zero-order valence-electron chi connectivity index (χ0n) is 15.3. The molecule has 0 N–H and O–H groups in total. The van der Waals surface area contributed by atoms with E-state index in [1.54, 1.807) is 12.3 Å². The standard InChI is InChI=1S/C19H16F2N2O5S/c1-2-29(25,26)16-6-11(10-3-4-10)8-22-17(16)23-9-12-5-14-15(7-13(12)18(23)24)28-19(20,21)27-14/h5-8,10H,2-4,9H2,1H3. The number of nitrogens with zero attached hydrogens (tertiary/aromatic N) is 2. The van der Waals surface area contributed by atoms with Gasteiger partial charge in [0.05, 0.1) is 12.3 Å². The Balaban J connectivity index is 1.56. The van der Waals surface area contributed by atoms with E-state index in [9.17, 15) is 22.0 Å². The monoisotopic (exact) mass is 422 g/mol. The molecule has 29 heavy (non-hydrogen) atoms. The van der Waals surface area contributed by atoms with Crippen LogP contribution in [-0.4, -0.2) is 31.4 Å². The second-order valence-electron chi connectivity index (χ2n) is 7.28. The average Bonchev–Trinajstić information content (AvgIpc) is 3.41. The summed E-state index contributed by atoms with van der Waals surface area (Å²) < 4.78 is 60.8. The van der Waals surface area contributed by atoms with Gasteiger partial charge in [0.15, 0.2) is 27.2 Å². The minimum absolute atomic E-state index is 0.00160. The molecule has 3 heterocycles. The Hall–Kier alpha value is -2.75. The molecule has 1 aromatic carbocycles. The topological polar surface area (TPSA) is 85.8 Å². The fourth-order valence-corrected chi connectivity index (χ4v) is 4.67. The molecule has 1 amide bonds. The fraction of sp³-hybridized carbons (Fsp3) is 0.368. The number of anilines is 1. The number of hydrogen-bond acceptors (Lipinski definition) is 6. The number of hydrogen-bond donors (Lipinski definition) is 0. The SMILES string of the molecule is CCS(=O)(=O)c1cc(C2CC2)cnc1N1Cc2cc3c(cc2C1=O)OC(F)(F)O3. The predicted octanol–water partition coefficient (Wildman–Crippen LogP) is 3.23. The Morgan fingerprint density at radius 1 is 1.21 bits per heavy atom. The summed E-state index contributed by atoms with van der Waals surface area (Å²) in [6.45, 7) is 1.53. The zero-order valence-corrected chi connectivity index (χ0v) is 16.1. The molecule has 0 radical (unpaired) electrons. The number of fused-ring (bicyclic) bond motifs is 2. The van der Waals surface area contributed by atoms with Crippen molar-refractivity contribution in [1.82, 2.24) is 4.98 Å². The molecule has 0 bridgehead atoms.